The van der Waals surface area contributed by atoms with Gasteiger partial charge in [0.15, 0.2) is 5.82 Å². The Bertz CT molecular complexity index is 768. The lowest BCUT2D eigenvalue weighted by atomic mass is 10.2. The molecule has 0 spiro atoms. The van der Waals surface area contributed by atoms with Gasteiger partial charge in [0.1, 0.15) is 0 Å². The van der Waals surface area contributed by atoms with Gasteiger partial charge in [0.05, 0.1) is 17.6 Å². The molecule has 2 heterocycles. The highest BCUT2D eigenvalue weighted by Gasteiger charge is 2.14. The van der Waals surface area contributed by atoms with Crippen LogP contribution in [0.15, 0.2) is 30.6 Å². The molecule has 3 rings (SSSR count). The van der Waals surface area contributed by atoms with E-state index in [4.69, 9.17) is 4.74 Å². The molecule has 0 aliphatic heterocycles. The van der Waals surface area contributed by atoms with Crippen LogP contribution in [0.5, 0.6) is 0 Å². The van der Waals surface area contributed by atoms with Crippen molar-refractivity contribution in [2.75, 3.05) is 6.61 Å². The van der Waals surface area contributed by atoms with E-state index >= 15 is 0 Å². The van der Waals surface area contributed by atoms with E-state index in [9.17, 15) is 4.79 Å². The van der Waals surface area contributed by atoms with Crippen molar-refractivity contribution in [3.63, 3.8) is 0 Å². The van der Waals surface area contributed by atoms with Gasteiger partial charge < -0.3 is 4.74 Å². The Kier molecular flexibility index (Phi) is 3.08. The van der Waals surface area contributed by atoms with Crippen molar-refractivity contribution in [2.24, 2.45) is 0 Å². The molecule has 0 unspecified atom stereocenters. The first-order valence-electron chi connectivity index (χ1n) is 6.08. The van der Waals surface area contributed by atoms with Crippen molar-refractivity contribution >= 4 is 17.0 Å². The number of nitrogens with one attached hydrogen (secondary N) is 1. The molecule has 1 N–H and O–H groups in total. The summed E-state index contributed by atoms with van der Waals surface area (Å²) in [4.78, 5) is 24.0. The molecule has 3 aromatic rings. The van der Waals surface area contributed by atoms with E-state index in [1.165, 1.54) is 0 Å². The van der Waals surface area contributed by atoms with E-state index in [1.807, 2.05) is 18.2 Å². The Morgan fingerprint density at radius 1 is 1.25 bits per heavy atom. The van der Waals surface area contributed by atoms with Gasteiger partial charge in [-0.15, -0.1) is 0 Å². The third-order valence-electron chi connectivity index (χ3n) is 2.68. The third-order valence-corrected chi connectivity index (χ3v) is 2.68. The van der Waals surface area contributed by atoms with Crippen LogP contribution in [-0.2, 0) is 4.74 Å². The minimum atomic E-state index is -0.521. The summed E-state index contributed by atoms with van der Waals surface area (Å²) in [6, 6.07) is 5.48. The predicted octanol–water partition coefficient (Wildman–Crippen LogP) is 1.59. The highest BCUT2D eigenvalue weighted by atomic mass is 16.5. The maximum absolute atomic E-state index is 11.5. The summed E-state index contributed by atoms with van der Waals surface area (Å²) < 4.78 is 4.85. The van der Waals surface area contributed by atoms with E-state index in [0.29, 0.717) is 12.4 Å². The van der Waals surface area contributed by atoms with Crippen LogP contribution in [0.25, 0.3) is 22.4 Å². The van der Waals surface area contributed by atoms with E-state index in [1.54, 1.807) is 19.3 Å². The number of aromatic amines is 1. The molecule has 20 heavy (non-hydrogen) atoms. The van der Waals surface area contributed by atoms with Crippen molar-refractivity contribution in [1.29, 1.82) is 0 Å². The molecule has 7 heteroatoms. The van der Waals surface area contributed by atoms with Gasteiger partial charge in [0.2, 0.25) is 5.82 Å². The minimum absolute atomic E-state index is 0.0843. The zero-order valence-electron chi connectivity index (χ0n) is 10.7. The number of carbonyl (C=O) groups is 1. The fourth-order valence-corrected chi connectivity index (χ4v) is 1.78. The number of ether oxygens (including phenoxy) is 1. The topological polar surface area (TPSA) is 93.7 Å². The summed E-state index contributed by atoms with van der Waals surface area (Å²) in [6.45, 7) is 2.03. The molecule has 0 atom stereocenters. The first-order chi connectivity index (χ1) is 9.78. The Hall–Kier alpha value is -2.83. The van der Waals surface area contributed by atoms with Crippen LogP contribution in [-0.4, -0.2) is 37.7 Å². The molecule has 0 amide bonds. The number of fused-ring (bicyclic) bond motifs is 1. The molecule has 1 aromatic carbocycles. The number of rotatable bonds is 3. The minimum Gasteiger partial charge on any atom is -0.460 e. The lowest BCUT2D eigenvalue weighted by Crippen LogP contribution is -2.06. The summed E-state index contributed by atoms with van der Waals surface area (Å²) in [6.07, 6.45) is 3.25. The quantitative estimate of drug-likeness (QED) is 0.726. The van der Waals surface area contributed by atoms with E-state index in [0.717, 1.165) is 16.6 Å². The molecule has 0 radical (unpaired) electrons. The van der Waals surface area contributed by atoms with E-state index in [-0.39, 0.29) is 5.82 Å². The Morgan fingerprint density at radius 3 is 2.85 bits per heavy atom. The van der Waals surface area contributed by atoms with Crippen LogP contribution < -0.4 is 0 Å². The lowest BCUT2D eigenvalue weighted by molar-refractivity contribution is 0.0512. The van der Waals surface area contributed by atoms with Crippen molar-refractivity contribution in [1.82, 2.24) is 25.1 Å². The van der Waals surface area contributed by atoms with Crippen LogP contribution in [0, 0.1) is 0 Å². The van der Waals surface area contributed by atoms with E-state index < -0.39 is 5.97 Å². The first-order valence-corrected chi connectivity index (χ1v) is 6.08. The number of hydrogen-bond donors (Lipinski definition) is 1. The number of hydrogen-bond acceptors (Lipinski definition) is 6. The standard InChI is InChI=1S/C13H11N5O2/c1-2-20-13(19)12-16-11(17-18-12)8-3-4-9-10(7-8)15-6-5-14-9/h3-7H,2H2,1H3,(H,16,17,18). The third kappa shape index (κ3) is 2.20. The van der Waals surface area contributed by atoms with Gasteiger partial charge in [-0.3, -0.25) is 15.1 Å². The number of carbonyl (C=O) groups excluding carboxylic acids is 1. The molecule has 2 aromatic heterocycles. The number of aromatic nitrogens is 5. The van der Waals surface area contributed by atoms with Gasteiger partial charge in [-0.1, -0.05) is 0 Å². The van der Waals surface area contributed by atoms with E-state index in [2.05, 4.69) is 25.1 Å². The molecule has 0 fully saturated rings. The second kappa shape index (κ2) is 5.04. The Balaban J connectivity index is 1.96. The molecule has 0 saturated heterocycles. The summed E-state index contributed by atoms with van der Waals surface area (Å²) >= 11 is 0. The average Bonchev–Trinajstić information content (AvgIpc) is 2.97. The molecule has 7 nitrogen and oxygen atoms in total. The molecule has 0 saturated carbocycles. The second-order valence-electron chi connectivity index (χ2n) is 3.99. The molecular weight excluding hydrogens is 258 g/mol. The van der Waals surface area contributed by atoms with Crippen LogP contribution in [0.2, 0.25) is 0 Å². The van der Waals surface area contributed by atoms with Crippen molar-refractivity contribution < 1.29 is 9.53 Å². The Morgan fingerprint density at radius 2 is 2.05 bits per heavy atom. The van der Waals surface area contributed by atoms with Gasteiger partial charge in [0, 0.05) is 18.0 Å². The van der Waals surface area contributed by atoms with Gasteiger partial charge in [-0.25, -0.2) is 9.78 Å². The predicted molar refractivity (Wildman–Crippen MR) is 70.9 cm³/mol. The van der Waals surface area contributed by atoms with Crippen LogP contribution in [0.1, 0.15) is 17.5 Å². The monoisotopic (exact) mass is 269 g/mol. The number of nitrogens with zero attached hydrogens (tertiary/aromatic N) is 4. The SMILES string of the molecule is CCOC(=O)c1nc(-c2ccc3nccnc3c2)n[nH]1. The number of esters is 1. The molecule has 0 aliphatic carbocycles. The molecule has 0 bridgehead atoms. The zero-order chi connectivity index (χ0) is 13.9. The largest absolute Gasteiger partial charge is 0.460 e. The van der Waals surface area contributed by atoms with Gasteiger partial charge >= 0.3 is 5.97 Å². The first kappa shape index (κ1) is 12.2. The van der Waals surface area contributed by atoms with Gasteiger partial charge in [0.25, 0.3) is 0 Å². The van der Waals surface area contributed by atoms with Crippen molar-refractivity contribution in [3.8, 4) is 11.4 Å². The highest BCUT2D eigenvalue weighted by Crippen LogP contribution is 2.19. The van der Waals surface area contributed by atoms with Crippen LogP contribution in [0.4, 0.5) is 0 Å². The van der Waals surface area contributed by atoms with Crippen LogP contribution >= 0.6 is 0 Å². The Labute approximate surface area is 114 Å². The molecular formula is C13H11N5O2. The fraction of sp³-hybridized carbons (Fsp3) is 0.154. The fourth-order valence-electron chi connectivity index (χ4n) is 1.78. The summed E-state index contributed by atoms with van der Waals surface area (Å²) in [5.41, 5.74) is 2.29. The lowest BCUT2D eigenvalue weighted by Gasteiger charge is -1.98. The van der Waals surface area contributed by atoms with Gasteiger partial charge in [-0.2, -0.15) is 5.10 Å². The summed E-state index contributed by atoms with van der Waals surface area (Å²) in [5, 5.41) is 6.58. The number of H-pyrrole nitrogens is 1. The van der Waals surface area contributed by atoms with Crippen LogP contribution in [0.3, 0.4) is 0 Å². The summed E-state index contributed by atoms with van der Waals surface area (Å²) in [5.74, 6) is -0.0199. The number of benzene rings is 1. The van der Waals surface area contributed by atoms with Gasteiger partial charge in [-0.05, 0) is 25.1 Å². The average molecular weight is 269 g/mol. The highest BCUT2D eigenvalue weighted by molar-refractivity contribution is 5.86. The van der Waals surface area contributed by atoms with Crippen molar-refractivity contribution in [2.45, 2.75) is 6.92 Å². The van der Waals surface area contributed by atoms with Crippen molar-refractivity contribution in [3.05, 3.63) is 36.4 Å². The zero-order valence-corrected chi connectivity index (χ0v) is 10.7. The molecule has 0 aliphatic rings. The second-order valence-corrected chi connectivity index (χ2v) is 3.99. The maximum Gasteiger partial charge on any atom is 0.375 e. The smallest absolute Gasteiger partial charge is 0.375 e. The maximum atomic E-state index is 11.5. The normalized spacial score (nSPS) is 10.7. The summed E-state index contributed by atoms with van der Waals surface area (Å²) in [7, 11) is 0. The molecule has 100 valence electrons.